The van der Waals surface area contributed by atoms with Crippen LogP contribution in [0.4, 0.5) is 5.69 Å². The zero-order valence-electron chi connectivity index (χ0n) is 18.0. The number of nitro groups is 1. The molecule has 178 valence electrons. The van der Waals surface area contributed by atoms with E-state index in [0.717, 1.165) is 18.9 Å². The van der Waals surface area contributed by atoms with Gasteiger partial charge in [-0.15, -0.1) is 0 Å². The number of non-ortho nitro benzene ring substituents is 1. The molecule has 33 heavy (non-hydrogen) atoms. The summed E-state index contributed by atoms with van der Waals surface area (Å²) in [6.45, 7) is 1.90. The minimum Gasteiger partial charge on any atom is -0.454 e. The number of piperazine rings is 1. The van der Waals surface area contributed by atoms with Crippen LogP contribution in [0.15, 0.2) is 41.3 Å². The maximum absolute atomic E-state index is 13.6. The molecule has 2 fully saturated rings. The Kier molecular flexibility index (Phi) is 7.45. The van der Waals surface area contributed by atoms with Crippen LogP contribution < -0.4 is 4.74 Å². The van der Waals surface area contributed by atoms with E-state index in [1.54, 1.807) is 6.07 Å². The Labute approximate surface area is 203 Å². The quantitative estimate of drug-likeness (QED) is 0.382. The second-order valence-electron chi connectivity index (χ2n) is 8.30. The van der Waals surface area contributed by atoms with Crippen LogP contribution in [0.1, 0.15) is 32.1 Å². The molecular formula is C22H25Cl2N3O5S. The fourth-order valence-corrected chi connectivity index (χ4v) is 6.34. The van der Waals surface area contributed by atoms with E-state index in [2.05, 4.69) is 4.90 Å². The molecule has 11 heteroatoms. The van der Waals surface area contributed by atoms with E-state index >= 15 is 0 Å². The largest absolute Gasteiger partial charge is 0.454 e. The Hall–Kier alpha value is -1.91. The lowest BCUT2D eigenvalue weighted by molar-refractivity contribution is -0.385. The number of nitro benzene ring substituents is 1. The average Bonchev–Trinajstić information content (AvgIpc) is 2.82. The minimum absolute atomic E-state index is 0.0422. The molecule has 1 saturated heterocycles. The van der Waals surface area contributed by atoms with Crippen molar-refractivity contribution in [3.05, 3.63) is 56.6 Å². The van der Waals surface area contributed by atoms with Crippen molar-refractivity contribution in [1.29, 1.82) is 0 Å². The number of halogens is 2. The van der Waals surface area contributed by atoms with Gasteiger partial charge in [0.25, 0.3) is 5.69 Å². The number of benzene rings is 2. The summed E-state index contributed by atoms with van der Waals surface area (Å²) in [5, 5.41) is 12.0. The molecule has 0 amide bonds. The third kappa shape index (κ3) is 5.44. The molecule has 0 atom stereocenters. The van der Waals surface area contributed by atoms with Gasteiger partial charge in [0, 0.05) is 55.4 Å². The second kappa shape index (κ2) is 10.1. The number of hydrogen-bond acceptors (Lipinski definition) is 6. The lowest BCUT2D eigenvalue weighted by Crippen LogP contribution is -2.52. The molecule has 2 aliphatic rings. The van der Waals surface area contributed by atoms with E-state index in [1.807, 2.05) is 0 Å². The van der Waals surface area contributed by atoms with Crippen LogP contribution in [0, 0.1) is 10.1 Å². The zero-order valence-corrected chi connectivity index (χ0v) is 20.3. The molecule has 0 N–H and O–H groups in total. The van der Waals surface area contributed by atoms with Gasteiger partial charge in [-0.3, -0.25) is 15.0 Å². The summed E-state index contributed by atoms with van der Waals surface area (Å²) < 4.78 is 34.3. The maximum atomic E-state index is 13.6. The molecule has 1 aliphatic carbocycles. The van der Waals surface area contributed by atoms with Gasteiger partial charge in [-0.1, -0.05) is 42.5 Å². The van der Waals surface area contributed by atoms with Crippen molar-refractivity contribution in [1.82, 2.24) is 9.21 Å². The Morgan fingerprint density at radius 3 is 2.30 bits per heavy atom. The van der Waals surface area contributed by atoms with Crippen molar-refractivity contribution in [2.45, 2.75) is 43.0 Å². The van der Waals surface area contributed by atoms with Crippen molar-refractivity contribution >= 4 is 38.9 Å². The topological polar surface area (TPSA) is 93.0 Å². The first-order valence-corrected chi connectivity index (χ1v) is 13.1. The summed E-state index contributed by atoms with van der Waals surface area (Å²) in [5.74, 6) is 0.121. The van der Waals surface area contributed by atoms with Gasteiger partial charge < -0.3 is 4.74 Å². The summed E-state index contributed by atoms with van der Waals surface area (Å²) >= 11 is 12.2. The van der Waals surface area contributed by atoms with Crippen LogP contribution in [0.3, 0.4) is 0 Å². The molecule has 2 aromatic carbocycles. The first-order chi connectivity index (χ1) is 15.8. The van der Waals surface area contributed by atoms with Crippen LogP contribution in [-0.4, -0.2) is 54.8 Å². The first-order valence-electron chi connectivity index (χ1n) is 10.9. The van der Waals surface area contributed by atoms with Crippen LogP contribution in [0.25, 0.3) is 0 Å². The Balaban J connectivity index is 1.61. The molecule has 0 unspecified atom stereocenters. The number of hydrogen-bond donors (Lipinski definition) is 0. The van der Waals surface area contributed by atoms with Gasteiger partial charge >= 0.3 is 0 Å². The molecular weight excluding hydrogens is 489 g/mol. The van der Waals surface area contributed by atoms with Gasteiger partial charge in [-0.05, 0) is 31.0 Å². The average molecular weight is 514 g/mol. The van der Waals surface area contributed by atoms with Crippen molar-refractivity contribution in [3.63, 3.8) is 0 Å². The van der Waals surface area contributed by atoms with Crippen molar-refractivity contribution in [3.8, 4) is 11.5 Å². The van der Waals surface area contributed by atoms with Gasteiger partial charge in [0.05, 0.1) is 9.95 Å². The highest BCUT2D eigenvalue weighted by Crippen LogP contribution is 2.38. The molecule has 0 spiro atoms. The summed E-state index contributed by atoms with van der Waals surface area (Å²) in [7, 11) is -4.04. The standard InChI is InChI=1S/C22H25Cl2N3O5S/c23-16-6-8-19(24)21(14-16)32-20-9-7-18(27(28)29)15-22(20)33(30,31)26-12-10-25(11-13-26)17-4-2-1-3-5-17/h6-9,14-15,17H,1-5,10-13H2. The van der Waals surface area contributed by atoms with Gasteiger partial charge in [-0.2, -0.15) is 4.31 Å². The lowest BCUT2D eigenvalue weighted by atomic mass is 9.94. The van der Waals surface area contributed by atoms with E-state index in [-0.39, 0.29) is 27.1 Å². The fourth-order valence-electron chi connectivity index (χ4n) is 4.46. The van der Waals surface area contributed by atoms with Crippen molar-refractivity contribution in [2.24, 2.45) is 0 Å². The first kappa shape index (κ1) is 24.2. The third-order valence-electron chi connectivity index (χ3n) is 6.23. The van der Waals surface area contributed by atoms with Crippen molar-refractivity contribution < 1.29 is 18.1 Å². The van der Waals surface area contributed by atoms with Gasteiger partial charge in [0.15, 0.2) is 0 Å². The molecule has 1 aliphatic heterocycles. The Bertz CT molecular complexity index is 1130. The monoisotopic (exact) mass is 513 g/mol. The fraction of sp³-hybridized carbons (Fsp3) is 0.455. The van der Waals surface area contributed by atoms with E-state index in [1.165, 1.54) is 47.8 Å². The minimum atomic E-state index is -4.04. The Morgan fingerprint density at radius 2 is 1.64 bits per heavy atom. The summed E-state index contributed by atoms with van der Waals surface area (Å²) in [6, 6.07) is 8.60. The summed E-state index contributed by atoms with van der Waals surface area (Å²) in [5.41, 5.74) is -0.334. The SMILES string of the molecule is O=[N+]([O-])c1ccc(Oc2cc(Cl)ccc2Cl)c(S(=O)(=O)N2CCN(C3CCCCC3)CC2)c1. The third-order valence-corrected chi connectivity index (χ3v) is 8.70. The molecule has 0 aromatic heterocycles. The van der Waals surface area contributed by atoms with Gasteiger partial charge in [0.2, 0.25) is 10.0 Å². The van der Waals surface area contributed by atoms with Crippen LogP contribution in [0.5, 0.6) is 11.5 Å². The molecule has 1 saturated carbocycles. The van der Waals surface area contributed by atoms with E-state index < -0.39 is 14.9 Å². The number of sulfonamides is 1. The smallest absolute Gasteiger partial charge is 0.271 e. The van der Waals surface area contributed by atoms with E-state index in [4.69, 9.17) is 27.9 Å². The number of rotatable bonds is 6. The van der Waals surface area contributed by atoms with Crippen LogP contribution in [0.2, 0.25) is 10.0 Å². The van der Waals surface area contributed by atoms with Crippen LogP contribution >= 0.6 is 23.2 Å². The zero-order chi connectivity index (χ0) is 23.6. The highest BCUT2D eigenvalue weighted by molar-refractivity contribution is 7.89. The van der Waals surface area contributed by atoms with Crippen molar-refractivity contribution in [2.75, 3.05) is 26.2 Å². The van der Waals surface area contributed by atoms with E-state index in [9.17, 15) is 18.5 Å². The normalized spacial score (nSPS) is 18.8. The summed E-state index contributed by atoms with van der Waals surface area (Å²) in [4.78, 5) is 12.8. The Morgan fingerprint density at radius 1 is 0.939 bits per heavy atom. The lowest BCUT2D eigenvalue weighted by Gasteiger charge is -2.40. The van der Waals surface area contributed by atoms with Gasteiger partial charge in [-0.25, -0.2) is 8.42 Å². The predicted octanol–water partition coefficient (Wildman–Crippen LogP) is 5.33. The number of nitrogens with zero attached hydrogens (tertiary/aromatic N) is 3. The molecule has 8 nitrogen and oxygen atoms in total. The van der Waals surface area contributed by atoms with Gasteiger partial charge in [0.1, 0.15) is 16.4 Å². The molecule has 0 bridgehead atoms. The highest BCUT2D eigenvalue weighted by atomic mass is 35.5. The molecule has 0 radical (unpaired) electrons. The highest BCUT2D eigenvalue weighted by Gasteiger charge is 2.34. The maximum Gasteiger partial charge on any atom is 0.271 e. The summed E-state index contributed by atoms with van der Waals surface area (Å²) in [6.07, 6.45) is 5.98. The van der Waals surface area contributed by atoms with E-state index in [0.29, 0.717) is 37.2 Å². The molecule has 4 rings (SSSR count). The van der Waals surface area contributed by atoms with Crippen LogP contribution in [-0.2, 0) is 10.0 Å². The molecule has 2 aromatic rings. The predicted molar refractivity (Wildman–Crippen MR) is 127 cm³/mol. The number of ether oxygens (including phenoxy) is 1. The second-order valence-corrected chi connectivity index (χ2v) is 11.0. The molecule has 1 heterocycles.